The van der Waals surface area contributed by atoms with Crippen molar-refractivity contribution in [2.75, 3.05) is 18.1 Å². The van der Waals surface area contributed by atoms with E-state index in [4.69, 9.17) is 0 Å². The summed E-state index contributed by atoms with van der Waals surface area (Å²) in [6.45, 7) is 1.17. The van der Waals surface area contributed by atoms with Crippen molar-refractivity contribution in [2.45, 2.75) is 38.3 Å². The van der Waals surface area contributed by atoms with E-state index in [9.17, 15) is 18.0 Å². The van der Waals surface area contributed by atoms with Gasteiger partial charge in [0.2, 0.25) is 5.91 Å². The first kappa shape index (κ1) is 17.6. The van der Waals surface area contributed by atoms with Crippen LogP contribution in [0.15, 0.2) is 23.6 Å². The maximum atomic E-state index is 12.2. The predicted octanol–water partition coefficient (Wildman–Crippen LogP) is -0.445. The summed E-state index contributed by atoms with van der Waals surface area (Å²) in [5, 5.41) is 12.2. The van der Waals surface area contributed by atoms with Gasteiger partial charge in [0.25, 0.3) is 5.91 Å². The van der Waals surface area contributed by atoms with Crippen LogP contribution in [-0.4, -0.2) is 64.8 Å². The molecule has 1 atom stereocenters. The first-order valence-electron chi connectivity index (χ1n) is 8.30. The largest absolute Gasteiger partial charge is 0.351 e. The average molecular weight is 367 g/mol. The highest BCUT2D eigenvalue weighted by Gasteiger charge is 2.37. The molecular formula is C15H21N5O4S. The van der Waals surface area contributed by atoms with E-state index in [1.165, 1.54) is 5.01 Å². The Morgan fingerprint density at radius 3 is 2.88 bits per heavy atom. The van der Waals surface area contributed by atoms with E-state index >= 15 is 0 Å². The number of aromatic nitrogens is 2. The van der Waals surface area contributed by atoms with Crippen molar-refractivity contribution >= 4 is 27.4 Å². The molecule has 0 unspecified atom stereocenters. The Balaban J connectivity index is 1.54. The molecular weight excluding hydrogens is 346 g/mol. The molecule has 0 spiro atoms. The number of hydrogen-bond acceptors (Lipinski definition) is 6. The van der Waals surface area contributed by atoms with E-state index in [0.717, 1.165) is 6.42 Å². The van der Waals surface area contributed by atoms with E-state index in [1.807, 2.05) is 12.3 Å². The number of rotatable bonds is 6. The minimum absolute atomic E-state index is 0.0614. The lowest BCUT2D eigenvalue weighted by atomic mass is 10.1. The van der Waals surface area contributed by atoms with E-state index in [2.05, 4.69) is 15.5 Å². The molecule has 0 aliphatic carbocycles. The van der Waals surface area contributed by atoms with Gasteiger partial charge in [0, 0.05) is 38.3 Å². The summed E-state index contributed by atoms with van der Waals surface area (Å²) >= 11 is 0. The highest BCUT2D eigenvalue weighted by atomic mass is 32.2. The molecule has 3 rings (SSSR count). The van der Waals surface area contributed by atoms with Gasteiger partial charge in [0.15, 0.2) is 9.84 Å². The van der Waals surface area contributed by atoms with Crippen LogP contribution >= 0.6 is 0 Å². The average Bonchev–Trinajstić information content (AvgIpc) is 3.21. The van der Waals surface area contributed by atoms with Gasteiger partial charge in [-0.3, -0.25) is 14.3 Å². The van der Waals surface area contributed by atoms with Crippen molar-refractivity contribution in [2.24, 2.45) is 5.10 Å². The van der Waals surface area contributed by atoms with Crippen molar-refractivity contribution in [3.8, 4) is 0 Å². The van der Waals surface area contributed by atoms with Crippen LogP contribution < -0.4 is 5.32 Å². The van der Waals surface area contributed by atoms with Gasteiger partial charge in [-0.25, -0.2) is 13.4 Å². The van der Waals surface area contributed by atoms with Gasteiger partial charge >= 0.3 is 0 Å². The molecule has 1 saturated heterocycles. The molecule has 0 radical (unpaired) electrons. The van der Waals surface area contributed by atoms with Crippen molar-refractivity contribution in [1.82, 2.24) is 20.1 Å². The number of hydrazone groups is 1. The number of hydrogen-bond donors (Lipinski definition) is 1. The summed E-state index contributed by atoms with van der Waals surface area (Å²) < 4.78 is 25.0. The van der Waals surface area contributed by atoms with Gasteiger partial charge in [0.1, 0.15) is 5.71 Å². The van der Waals surface area contributed by atoms with Crippen LogP contribution in [0.5, 0.6) is 0 Å². The second kappa shape index (κ2) is 7.34. The Hall–Kier alpha value is -2.23. The number of carbonyl (C=O) groups is 2. The third-order valence-corrected chi connectivity index (χ3v) is 6.04. The molecule has 25 heavy (non-hydrogen) atoms. The van der Waals surface area contributed by atoms with Crippen molar-refractivity contribution in [3.05, 3.63) is 18.5 Å². The van der Waals surface area contributed by atoms with Gasteiger partial charge < -0.3 is 5.32 Å². The summed E-state index contributed by atoms with van der Waals surface area (Å²) in [4.78, 5) is 24.3. The first-order chi connectivity index (χ1) is 11.9. The molecule has 0 aromatic carbocycles. The lowest BCUT2D eigenvalue weighted by Gasteiger charge is -2.27. The lowest BCUT2D eigenvalue weighted by Crippen LogP contribution is -2.44. The van der Waals surface area contributed by atoms with Crippen LogP contribution in [0.25, 0.3) is 0 Å². The van der Waals surface area contributed by atoms with Gasteiger partial charge in [-0.05, 0) is 18.9 Å². The first-order valence-corrected chi connectivity index (χ1v) is 10.1. The molecule has 2 amide bonds. The molecule has 2 aliphatic rings. The number of aryl methyl sites for hydroxylation is 1. The molecule has 0 bridgehead atoms. The highest BCUT2D eigenvalue weighted by molar-refractivity contribution is 7.91. The Morgan fingerprint density at radius 2 is 2.20 bits per heavy atom. The zero-order chi connectivity index (χ0) is 17.9. The minimum atomic E-state index is -3.12. The third-order valence-electron chi connectivity index (χ3n) is 4.28. The molecule has 2 aliphatic heterocycles. The van der Waals surface area contributed by atoms with Crippen LogP contribution in [-0.2, 0) is 26.0 Å². The van der Waals surface area contributed by atoms with E-state index in [-0.39, 0.29) is 41.9 Å². The summed E-state index contributed by atoms with van der Waals surface area (Å²) in [6.07, 6.45) is 5.10. The zero-order valence-corrected chi connectivity index (χ0v) is 14.6. The molecule has 10 heteroatoms. The topological polar surface area (TPSA) is 114 Å². The van der Waals surface area contributed by atoms with Crippen LogP contribution in [0.4, 0.5) is 0 Å². The Morgan fingerprint density at radius 1 is 1.36 bits per heavy atom. The van der Waals surface area contributed by atoms with Gasteiger partial charge in [-0.1, -0.05) is 0 Å². The number of amides is 2. The lowest BCUT2D eigenvalue weighted by molar-refractivity contribution is -0.133. The van der Waals surface area contributed by atoms with Crippen LogP contribution in [0.2, 0.25) is 0 Å². The van der Waals surface area contributed by atoms with Gasteiger partial charge in [0.05, 0.1) is 17.5 Å². The smallest absolute Gasteiger partial charge is 0.267 e. The fraction of sp³-hybridized carbons (Fsp3) is 0.600. The predicted molar refractivity (Wildman–Crippen MR) is 90.4 cm³/mol. The Bertz CT molecular complexity index is 772. The summed E-state index contributed by atoms with van der Waals surface area (Å²) in [5.41, 5.74) is 0.281. The normalized spacial score (nSPS) is 22.7. The second-order valence-electron chi connectivity index (χ2n) is 6.22. The number of carbonyl (C=O) groups excluding carboxylic acids is 2. The van der Waals surface area contributed by atoms with Gasteiger partial charge in [-0.2, -0.15) is 10.2 Å². The van der Waals surface area contributed by atoms with Crippen LogP contribution in [0.1, 0.15) is 25.7 Å². The molecule has 1 aromatic rings. The van der Waals surface area contributed by atoms with E-state index in [0.29, 0.717) is 19.5 Å². The number of nitrogens with zero attached hydrogens (tertiary/aromatic N) is 4. The number of sulfone groups is 1. The van der Waals surface area contributed by atoms with Gasteiger partial charge in [-0.15, -0.1) is 0 Å². The molecule has 3 heterocycles. The monoisotopic (exact) mass is 367 g/mol. The molecule has 1 aromatic heterocycles. The quantitative estimate of drug-likeness (QED) is 0.685. The molecule has 1 N–H and O–H groups in total. The highest BCUT2D eigenvalue weighted by Crippen LogP contribution is 2.22. The molecule has 0 saturated carbocycles. The second-order valence-corrected chi connectivity index (χ2v) is 8.45. The summed E-state index contributed by atoms with van der Waals surface area (Å²) in [7, 11) is -3.12. The maximum Gasteiger partial charge on any atom is 0.267 e. The zero-order valence-electron chi connectivity index (χ0n) is 13.8. The fourth-order valence-electron chi connectivity index (χ4n) is 2.97. The minimum Gasteiger partial charge on any atom is -0.351 e. The molecule has 136 valence electrons. The van der Waals surface area contributed by atoms with E-state index in [1.54, 1.807) is 10.9 Å². The SMILES string of the molecule is O=C(NCCCn1cccn1)C1=NN([C@H]2CCS(=O)(=O)C2)C(=O)CC1. The Labute approximate surface area is 146 Å². The summed E-state index contributed by atoms with van der Waals surface area (Å²) in [5.74, 6) is -0.552. The van der Waals surface area contributed by atoms with Crippen LogP contribution in [0.3, 0.4) is 0 Å². The van der Waals surface area contributed by atoms with Crippen LogP contribution in [0, 0.1) is 0 Å². The standard InChI is InChI=1S/C15H21N5O4S/c21-14-4-3-13(18-20(14)12-5-10-25(23,24)11-12)15(22)16-6-1-8-19-9-2-7-17-19/h2,7,9,12H,1,3-6,8,10-11H2,(H,16,22)/t12-/m0/s1. The number of nitrogens with one attached hydrogen (secondary N) is 1. The molecule has 9 nitrogen and oxygen atoms in total. The van der Waals surface area contributed by atoms with Crippen molar-refractivity contribution < 1.29 is 18.0 Å². The van der Waals surface area contributed by atoms with Crippen molar-refractivity contribution in [1.29, 1.82) is 0 Å². The summed E-state index contributed by atoms with van der Waals surface area (Å²) in [6, 6.07) is 1.38. The Kier molecular flexibility index (Phi) is 5.16. The fourth-order valence-corrected chi connectivity index (χ4v) is 4.66. The molecule has 1 fully saturated rings. The third kappa shape index (κ3) is 4.44. The maximum absolute atomic E-state index is 12.2. The van der Waals surface area contributed by atoms with Crippen molar-refractivity contribution in [3.63, 3.8) is 0 Å². The van der Waals surface area contributed by atoms with E-state index < -0.39 is 15.9 Å².